The molecule has 1 aromatic carbocycles. The number of carbonyl (C=O) groups is 1. The number of ether oxygens (including phenoxy) is 3. The molecule has 0 unspecified atom stereocenters. The van der Waals surface area contributed by atoms with Gasteiger partial charge in [0.1, 0.15) is 23.7 Å². The van der Waals surface area contributed by atoms with Crippen molar-refractivity contribution in [3.8, 4) is 0 Å². The number of thioether (sulfide) groups is 1. The van der Waals surface area contributed by atoms with Gasteiger partial charge in [0.05, 0.1) is 6.61 Å². The van der Waals surface area contributed by atoms with E-state index in [-0.39, 0.29) is 11.8 Å². The van der Waals surface area contributed by atoms with Gasteiger partial charge in [-0.05, 0) is 24.2 Å². The van der Waals surface area contributed by atoms with Crippen LogP contribution in [-0.4, -0.2) is 65.1 Å². The van der Waals surface area contributed by atoms with Crippen LogP contribution in [0.25, 0.3) is 0 Å². The number of nitrogens with zero attached hydrogens (tertiary/aromatic N) is 1. The average molecular weight is 452 g/mol. The summed E-state index contributed by atoms with van der Waals surface area (Å²) in [4.78, 5) is 15.3. The zero-order valence-corrected chi connectivity index (χ0v) is 16.7. The molecule has 0 aromatic heterocycles. The minimum absolute atomic E-state index is 0.199. The van der Waals surface area contributed by atoms with Gasteiger partial charge in [0.2, 0.25) is 0 Å². The zero-order chi connectivity index (χ0) is 22.1. The van der Waals surface area contributed by atoms with Crippen molar-refractivity contribution in [1.82, 2.24) is 5.32 Å². The molecule has 1 aromatic rings. The summed E-state index contributed by atoms with van der Waals surface area (Å²) in [5.74, 6) is 0. The lowest BCUT2D eigenvalue weighted by Crippen LogP contribution is -2.65. The van der Waals surface area contributed by atoms with Gasteiger partial charge in [-0.1, -0.05) is 30.3 Å². The average Bonchev–Trinajstić information content (AvgIpc) is 3.09. The Morgan fingerprint density at radius 1 is 1.33 bits per heavy atom. The van der Waals surface area contributed by atoms with Gasteiger partial charge >= 0.3 is 12.3 Å². The van der Waals surface area contributed by atoms with Crippen molar-refractivity contribution in [1.29, 1.82) is 0 Å². The molecule has 0 bridgehead atoms. The third kappa shape index (κ3) is 4.56. The predicted molar refractivity (Wildman–Crippen MR) is 99.6 cm³/mol. The highest BCUT2D eigenvalue weighted by Crippen LogP contribution is 2.45. The molecule has 3 rings (SSSR count). The van der Waals surface area contributed by atoms with E-state index in [1.165, 1.54) is 7.05 Å². The van der Waals surface area contributed by atoms with Gasteiger partial charge < -0.3 is 24.6 Å². The maximum absolute atomic E-state index is 15.3. The Hall–Kier alpha value is -1.89. The van der Waals surface area contributed by atoms with Crippen LogP contribution < -0.4 is 5.32 Å². The Kier molecular flexibility index (Phi) is 6.60. The Morgan fingerprint density at radius 2 is 2.00 bits per heavy atom. The number of hydrogen-bond donors (Lipinski definition) is 2. The van der Waals surface area contributed by atoms with Crippen LogP contribution in [0.4, 0.5) is 22.4 Å². The number of hydrogen-bond acceptors (Lipinski definition) is 7. The van der Waals surface area contributed by atoms with Gasteiger partial charge in [-0.15, -0.1) is 0 Å². The van der Waals surface area contributed by atoms with Crippen LogP contribution in [0.3, 0.4) is 0 Å². The third-order valence-electron chi connectivity index (χ3n) is 4.77. The summed E-state index contributed by atoms with van der Waals surface area (Å²) < 4.78 is 71.5. The van der Waals surface area contributed by atoms with E-state index in [1.54, 1.807) is 30.3 Å². The molecule has 2 N–H and O–H groups in total. The molecule has 2 heterocycles. The van der Waals surface area contributed by atoms with Crippen LogP contribution in [-0.2, 0) is 20.8 Å². The summed E-state index contributed by atoms with van der Waals surface area (Å²) in [6.45, 7) is 0.307. The van der Waals surface area contributed by atoms with Crippen LogP contribution in [0.1, 0.15) is 12.5 Å². The number of halogens is 4. The molecule has 166 valence electrons. The first kappa shape index (κ1) is 22.8. The van der Waals surface area contributed by atoms with E-state index in [2.05, 4.69) is 10.3 Å². The van der Waals surface area contributed by atoms with Crippen molar-refractivity contribution in [2.45, 2.75) is 55.2 Å². The molecule has 2 aliphatic rings. The van der Waals surface area contributed by atoms with Gasteiger partial charge in [-0.25, -0.2) is 14.2 Å². The highest BCUT2D eigenvalue weighted by molar-refractivity contribution is 8.14. The summed E-state index contributed by atoms with van der Waals surface area (Å²) in [7, 11) is 1.30. The second-order valence-corrected chi connectivity index (χ2v) is 7.97. The molecule has 0 saturated carbocycles. The molecule has 12 heteroatoms. The first-order valence-electron chi connectivity index (χ1n) is 8.92. The number of alkyl halides is 4. The fourth-order valence-corrected chi connectivity index (χ4v) is 4.07. The summed E-state index contributed by atoms with van der Waals surface area (Å²) >= 11 is 0.660. The van der Waals surface area contributed by atoms with Crippen molar-refractivity contribution in [2.24, 2.45) is 4.99 Å². The molecule has 1 amide bonds. The van der Waals surface area contributed by atoms with Crippen LogP contribution in [0.5, 0.6) is 0 Å². The van der Waals surface area contributed by atoms with Gasteiger partial charge in [-0.3, -0.25) is 0 Å². The molecule has 0 aliphatic carbocycles. The monoisotopic (exact) mass is 452 g/mol. The van der Waals surface area contributed by atoms with Crippen LogP contribution >= 0.6 is 11.8 Å². The topological polar surface area (TPSA) is 89.4 Å². The predicted octanol–water partition coefficient (Wildman–Crippen LogP) is 2.78. The minimum Gasteiger partial charge on any atom is -0.385 e. The second kappa shape index (κ2) is 8.69. The fraction of sp³-hybridized carbons (Fsp3) is 0.556. The molecule has 0 spiro atoms. The molecule has 7 nitrogen and oxygen atoms in total. The quantitative estimate of drug-likeness (QED) is 0.683. The van der Waals surface area contributed by atoms with Crippen molar-refractivity contribution < 1.29 is 41.7 Å². The van der Waals surface area contributed by atoms with Crippen LogP contribution in [0.15, 0.2) is 35.3 Å². The van der Waals surface area contributed by atoms with E-state index in [4.69, 9.17) is 14.2 Å². The fourth-order valence-electron chi connectivity index (χ4n) is 3.04. The lowest BCUT2D eigenvalue weighted by Gasteiger charge is -2.45. The standard InChI is InChI=1S/C18H20F4N2O5S/c1-17(26,18(20,21)22)13-12(27-8-9-6-4-3-5-7-9)10(19)11-14(28-13)30-16(24-11)29-15(25)23-2/h3-7,10-14,26H,8H2,1-2H3,(H,23,25)/t10-,11+,12-,13-,14+,17-/m0/s1. The van der Waals surface area contributed by atoms with Gasteiger partial charge in [-0.2, -0.15) is 13.2 Å². The Labute approximate surface area is 173 Å². The minimum atomic E-state index is -5.11. The number of carbonyl (C=O) groups excluding carboxylic acids is 1. The third-order valence-corrected chi connectivity index (χ3v) is 5.78. The molecule has 0 radical (unpaired) electrons. The summed E-state index contributed by atoms with van der Waals surface area (Å²) in [6, 6.07) is 7.19. The molecule has 30 heavy (non-hydrogen) atoms. The number of fused-ring (bicyclic) bond motifs is 1. The van der Waals surface area contributed by atoms with E-state index in [9.17, 15) is 23.1 Å². The van der Waals surface area contributed by atoms with Gasteiger partial charge in [0.25, 0.3) is 5.23 Å². The first-order chi connectivity index (χ1) is 14.0. The summed E-state index contributed by atoms with van der Waals surface area (Å²) in [5.41, 5.74) is -4.02. The molecule has 2 aliphatic heterocycles. The largest absolute Gasteiger partial charge is 0.419 e. The van der Waals surface area contributed by atoms with Crippen molar-refractivity contribution in [3.63, 3.8) is 0 Å². The number of nitrogens with one attached hydrogen (secondary N) is 1. The number of aliphatic hydroxyl groups is 1. The Morgan fingerprint density at radius 3 is 2.60 bits per heavy atom. The molecular formula is C18H20F4N2O5S. The normalized spacial score (nSPS) is 30.8. The van der Waals surface area contributed by atoms with Crippen molar-refractivity contribution >= 4 is 23.1 Å². The first-order valence-corrected chi connectivity index (χ1v) is 9.80. The van der Waals surface area contributed by atoms with Crippen LogP contribution in [0.2, 0.25) is 0 Å². The van der Waals surface area contributed by atoms with E-state index >= 15 is 4.39 Å². The molecule has 1 saturated heterocycles. The number of aliphatic imine (C=N–C) groups is 1. The van der Waals surface area contributed by atoms with Gasteiger partial charge in [0, 0.05) is 7.05 Å². The number of alkyl carbamates (subject to hydrolysis) is 1. The van der Waals surface area contributed by atoms with E-state index in [0.717, 1.165) is 0 Å². The smallest absolute Gasteiger partial charge is 0.385 e. The van der Waals surface area contributed by atoms with E-state index < -0.39 is 47.7 Å². The summed E-state index contributed by atoms with van der Waals surface area (Å²) in [5, 5.41) is 12.1. The lowest BCUT2D eigenvalue weighted by atomic mass is 9.87. The van der Waals surface area contributed by atoms with Crippen molar-refractivity contribution in [2.75, 3.05) is 7.05 Å². The van der Waals surface area contributed by atoms with Gasteiger partial charge in [0.15, 0.2) is 11.8 Å². The molecular weight excluding hydrogens is 432 g/mol. The number of benzene rings is 1. The second-order valence-electron chi connectivity index (χ2n) is 6.92. The summed E-state index contributed by atoms with van der Waals surface area (Å²) in [6.07, 6.45) is -11.9. The Bertz CT molecular complexity index is 793. The van der Waals surface area contributed by atoms with E-state index in [0.29, 0.717) is 24.2 Å². The van der Waals surface area contributed by atoms with Crippen LogP contribution in [0, 0.1) is 0 Å². The maximum atomic E-state index is 15.3. The number of amides is 1. The van der Waals surface area contributed by atoms with Crippen molar-refractivity contribution in [3.05, 3.63) is 35.9 Å². The Balaban J connectivity index is 1.85. The number of rotatable bonds is 4. The zero-order valence-electron chi connectivity index (χ0n) is 15.9. The molecule has 6 atom stereocenters. The highest BCUT2D eigenvalue weighted by Gasteiger charge is 2.64. The highest BCUT2D eigenvalue weighted by atomic mass is 32.2. The molecule has 1 fully saturated rings. The van der Waals surface area contributed by atoms with E-state index in [1.807, 2.05) is 0 Å². The lowest BCUT2D eigenvalue weighted by molar-refractivity contribution is -0.319. The maximum Gasteiger partial charge on any atom is 0.419 e. The SMILES string of the molecule is CNC(=O)OC1=N[C@@H]2[C@H](F)[C@H](OCc3ccccc3)[C@@H]([C@](C)(O)C(F)(F)F)O[C@@H]2S1.